The second-order valence-electron chi connectivity index (χ2n) is 9.94. The number of hydrogen-bond acceptors (Lipinski definition) is 4. The van der Waals surface area contributed by atoms with Crippen molar-refractivity contribution >= 4 is 0 Å². The predicted octanol–water partition coefficient (Wildman–Crippen LogP) is 7.46. The number of ether oxygens (including phenoxy) is 3. The van der Waals surface area contributed by atoms with E-state index in [9.17, 15) is 0 Å². The SMILES string of the molecule is CCCCCCCCCCCCCCCCOC[C@H]1CO[C@H](COCCCCCCO)C1. The van der Waals surface area contributed by atoms with Crippen molar-refractivity contribution in [2.75, 3.05) is 39.6 Å². The van der Waals surface area contributed by atoms with E-state index in [1.165, 1.54) is 89.9 Å². The molecule has 4 nitrogen and oxygen atoms in total. The Morgan fingerprint density at radius 3 is 1.62 bits per heavy atom. The molecule has 1 fully saturated rings. The van der Waals surface area contributed by atoms with Crippen LogP contribution in [0.4, 0.5) is 0 Å². The zero-order chi connectivity index (χ0) is 23.0. The summed E-state index contributed by atoms with van der Waals surface area (Å²) in [5.74, 6) is 0.541. The van der Waals surface area contributed by atoms with Gasteiger partial charge >= 0.3 is 0 Å². The number of aliphatic hydroxyl groups is 1. The van der Waals surface area contributed by atoms with Crippen LogP contribution in [0.15, 0.2) is 0 Å². The zero-order valence-corrected chi connectivity index (χ0v) is 21.5. The molecule has 1 aliphatic rings. The second kappa shape index (κ2) is 24.0. The third-order valence-electron chi connectivity index (χ3n) is 6.66. The standard InChI is InChI=1S/C28H56O4/c1-2-3-4-5-6-7-8-9-10-11-12-13-15-18-21-30-24-27-23-28(32-25-27)26-31-22-19-16-14-17-20-29/h27-29H,2-26H2,1H3/t27-,28-/m0/s1. The van der Waals surface area contributed by atoms with Gasteiger partial charge in [0, 0.05) is 25.7 Å². The average Bonchev–Trinajstić information content (AvgIpc) is 3.26. The molecule has 1 heterocycles. The van der Waals surface area contributed by atoms with Crippen LogP contribution < -0.4 is 0 Å². The van der Waals surface area contributed by atoms with Crippen LogP contribution in [0.5, 0.6) is 0 Å². The van der Waals surface area contributed by atoms with E-state index in [2.05, 4.69) is 6.92 Å². The van der Waals surface area contributed by atoms with Crippen LogP contribution >= 0.6 is 0 Å². The highest BCUT2D eigenvalue weighted by molar-refractivity contribution is 4.73. The van der Waals surface area contributed by atoms with Crippen molar-refractivity contribution in [3.63, 3.8) is 0 Å². The molecule has 1 aliphatic heterocycles. The van der Waals surface area contributed by atoms with Gasteiger partial charge in [0.1, 0.15) is 0 Å². The van der Waals surface area contributed by atoms with Crippen molar-refractivity contribution in [2.24, 2.45) is 5.92 Å². The first-order valence-electron chi connectivity index (χ1n) is 14.2. The monoisotopic (exact) mass is 456 g/mol. The minimum absolute atomic E-state index is 0.252. The molecule has 0 bridgehead atoms. The molecule has 0 unspecified atom stereocenters. The van der Waals surface area contributed by atoms with E-state index < -0.39 is 0 Å². The second-order valence-corrected chi connectivity index (χ2v) is 9.94. The maximum atomic E-state index is 8.77. The van der Waals surface area contributed by atoms with Crippen molar-refractivity contribution in [1.82, 2.24) is 0 Å². The summed E-state index contributed by atoms with van der Waals surface area (Å²) in [5, 5.41) is 8.77. The highest BCUT2D eigenvalue weighted by atomic mass is 16.5. The van der Waals surface area contributed by atoms with Crippen LogP contribution in [0.1, 0.15) is 129 Å². The number of rotatable bonds is 25. The van der Waals surface area contributed by atoms with E-state index in [0.29, 0.717) is 12.5 Å². The smallest absolute Gasteiger partial charge is 0.0813 e. The van der Waals surface area contributed by atoms with Gasteiger partial charge in [-0.3, -0.25) is 0 Å². The van der Waals surface area contributed by atoms with E-state index in [1.54, 1.807) is 0 Å². The summed E-state index contributed by atoms with van der Waals surface area (Å²) in [6, 6.07) is 0. The van der Waals surface area contributed by atoms with Gasteiger partial charge < -0.3 is 19.3 Å². The Bertz CT molecular complexity index is 363. The first-order valence-corrected chi connectivity index (χ1v) is 14.2. The van der Waals surface area contributed by atoms with Gasteiger partial charge in [0.2, 0.25) is 0 Å². The van der Waals surface area contributed by atoms with Crippen LogP contribution in [0.3, 0.4) is 0 Å². The molecular weight excluding hydrogens is 400 g/mol. The maximum absolute atomic E-state index is 8.77. The van der Waals surface area contributed by atoms with Crippen LogP contribution in [0.25, 0.3) is 0 Å². The van der Waals surface area contributed by atoms with Crippen molar-refractivity contribution < 1.29 is 19.3 Å². The fourth-order valence-corrected chi connectivity index (χ4v) is 4.55. The lowest BCUT2D eigenvalue weighted by atomic mass is 10.0. The first-order chi connectivity index (χ1) is 15.9. The molecule has 0 saturated carbocycles. The van der Waals surface area contributed by atoms with Gasteiger partial charge in [0.15, 0.2) is 0 Å². The maximum Gasteiger partial charge on any atom is 0.0813 e. The Hall–Kier alpha value is -0.160. The summed E-state index contributed by atoms with van der Waals surface area (Å²) in [4.78, 5) is 0. The van der Waals surface area contributed by atoms with Gasteiger partial charge in [-0.2, -0.15) is 0 Å². The van der Waals surface area contributed by atoms with Crippen molar-refractivity contribution in [2.45, 2.75) is 135 Å². The highest BCUT2D eigenvalue weighted by Gasteiger charge is 2.25. The first kappa shape index (κ1) is 29.9. The normalized spacial score (nSPS) is 18.6. The molecular formula is C28H56O4. The van der Waals surface area contributed by atoms with Gasteiger partial charge in [-0.15, -0.1) is 0 Å². The molecule has 0 radical (unpaired) electrons. The lowest BCUT2D eigenvalue weighted by Crippen LogP contribution is -2.15. The quantitative estimate of drug-likeness (QED) is 0.145. The van der Waals surface area contributed by atoms with E-state index in [4.69, 9.17) is 19.3 Å². The molecule has 0 aromatic carbocycles. The third-order valence-corrected chi connectivity index (χ3v) is 6.66. The Balaban J connectivity index is 1.74. The summed E-state index contributed by atoms with van der Waals surface area (Å²) in [6.07, 6.45) is 25.1. The van der Waals surface area contributed by atoms with Crippen LogP contribution in [-0.4, -0.2) is 50.9 Å². The predicted molar refractivity (Wildman–Crippen MR) is 135 cm³/mol. The Labute approximate surface area is 200 Å². The van der Waals surface area contributed by atoms with Gasteiger partial charge in [-0.05, 0) is 25.7 Å². The van der Waals surface area contributed by atoms with E-state index in [0.717, 1.165) is 65.1 Å². The van der Waals surface area contributed by atoms with Crippen LogP contribution in [0, 0.1) is 5.92 Å². The molecule has 2 atom stereocenters. The molecule has 1 saturated heterocycles. The number of hydrogen-bond donors (Lipinski definition) is 1. The lowest BCUT2D eigenvalue weighted by molar-refractivity contribution is 0.0140. The largest absolute Gasteiger partial charge is 0.396 e. The van der Waals surface area contributed by atoms with Gasteiger partial charge in [0.05, 0.1) is 25.9 Å². The lowest BCUT2D eigenvalue weighted by Gasteiger charge is -2.11. The summed E-state index contributed by atoms with van der Waals surface area (Å²) in [6.45, 7) is 6.70. The Morgan fingerprint density at radius 2 is 1.09 bits per heavy atom. The van der Waals surface area contributed by atoms with Gasteiger partial charge in [0.25, 0.3) is 0 Å². The molecule has 4 heteroatoms. The van der Waals surface area contributed by atoms with Gasteiger partial charge in [-0.25, -0.2) is 0 Å². The number of aliphatic hydroxyl groups excluding tert-OH is 1. The minimum atomic E-state index is 0.252. The fourth-order valence-electron chi connectivity index (χ4n) is 4.55. The van der Waals surface area contributed by atoms with E-state index in [-0.39, 0.29) is 6.10 Å². The zero-order valence-electron chi connectivity index (χ0n) is 21.5. The molecule has 1 N–H and O–H groups in total. The van der Waals surface area contributed by atoms with E-state index in [1.807, 2.05) is 0 Å². The summed E-state index contributed by atoms with van der Waals surface area (Å²) >= 11 is 0. The molecule has 0 aliphatic carbocycles. The molecule has 0 spiro atoms. The highest BCUT2D eigenvalue weighted by Crippen LogP contribution is 2.20. The van der Waals surface area contributed by atoms with Gasteiger partial charge in [-0.1, -0.05) is 103 Å². The molecule has 0 aromatic rings. The average molecular weight is 457 g/mol. The minimum Gasteiger partial charge on any atom is -0.396 e. The molecule has 192 valence electrons. The topological polar surface area (TPSA) is 47.9 Å². The molecule has 0 aromatic heterocycles. The molecule has 0 amide bonds. The molecule has 32 heavy (non-hydrogen) atoms. The number of unbranched alkanes of at least 4 members (excludes halogenated alkanes) is 16. The third kappa shape index (κ3) is 19.3. The van der Waals surface area contributed by atoms with E-state index >= 15 is 0 Å². The summed E-state index contributed by atoms with van der Waals surface area (Å²) in [5.41, 5.74) is 0. The van der Waals surface area contributed by atoms with Crippen molar-refractivity contribution in [3.8, 4) is 0 Å². The fraction of sp³-hybridized carbons (Fsp3) is 1.00. The van der Waals surface area contributed by atoms with Crippen molar-refractivity contribution in [3.05, 3.63) is 0 Å². The van der Waals surface area contributed by atoms with Crippen LogP contribution in [-0.2, 0) is 14.2 Å². The summed E-state index contributed by atoms with van der Waals surface area (Å²) < 4.78 is 17.5. The van der Waals surface area contributed by atoms with Crippen molar-refractivity contribution in [1.29, 1.82) is 0 Å². The Kier molecular flexibility index (Phi) is 22.4. The Morgan fingerprint density at radius 1 is 0.625 bits per heavy atom. The summed E-state index contributed by atoms with van der Waals surface area (Å²) in [7, 11) is 0. The van der Waals surface area contributed by atoms with Crippen LogP contribution in [0.2, 0.25) is 0 Å². The molecule has 1 rings (SSSR count).